The topological polar surface area (TPSA) is 85.4 Å². The summed E-state index contributed by atoms with van der Waals surface area (Å²) in [5.74, 6) is 0.292. The van der Waals surface area contributed by atoms with E-state index in [1.165, 1.54) is 0 Å². The maximum absolute atomic E-state index is 12.6. The van der Waals surface area contributed by atoms with Crippen LogP contribution >= 0.6 is 0 Å². The predicted octanol–water partition coefficient (Wildman–Crippen LogP) is 2.06. The summed E-state index contributed by atoms with van der Waals surface area (Å²) >= 11 is 0. The highest BCUT2D eigenvalue weighted by atomic mass is 32.2. The van der Waals surface area contributed by atoms with Crippen molar-refractivity contribution in [2.75, 3.05) is 18.6 Å². The molecular formula is C18H20N2O4S. The lowest BCUT2D eigenvalue weighted by molar-refractivity contribution is 0.0915. The third-order valence-corrected chi connectivity index (χ3v) is 6.17. The molecule has 1 aliphatic heterocycles. The molecule has 2 aromatic rings. The molecule has 0 bridgehead atoms. The lowest BCUT2D eigenvalue weighted by Crippen LogP contribution is -2.46. The second-order valence-corrected chi connectivity index (χ2v) is 8.69. The van der Waals surface area contributed by atoms with Gasteiger partial charge in [0.2, 0.25) is 5.88 Å². The first-order chi connectivity index (χ1) is 11.8. The lowest BCUT2D eigenvalue weighted by Gasteiger charge is -2.24. The number of amides is 1. The van der Waals surface area contributed by atoms with Crippen LogP contribution in [-0.2, 0) is 9.84 Å². The molecule has 2 heterocycles. The summed E-state index contributed by atoms with van der Waals surface area (Å²) in [4.78, 5) is 16.9. The van der Waals surface area contributed by atoms with Gasteiger partial charge in [-0.25, -0.2) is 13.4 Å². The molecule has 0 unspecified atom stereocenters. The molecule has 1 aliphatic rings. The molecule has 25 heavy (non-hydrogen) atoms. The van der Waals surface area contributed by atoms with Gasteiger partial charge in [-0.05, 0) is 31.5 Å². The van der Waals surface area contributed by atoms with Crippen LogP contribution in [0.3, 0.4) is 0 Å². The molecule has 1 amide bonds. The van der Waals surface area contributed by atoms with E-state index in [9.17, 15) is 13.2 Å². The Morgan fingerprint density at radius 2 is 2.00 bits per heavy atom. The third-order valence-electron chi connectivity index (χ3n) is 4.27. The summed E-state index contributed by atoms with van der Waals surface area (Å²) in [6.07, 6.45) is 0.429. The van der Waals surface area contributed by atoms with Crippen molar-refractivity contribution in [2.24, 2.45) is 0 Å². The molecule has 0 aliphatic carbocycles. The van der Waals surface area contributed by atoms with Gasteiger partial charge in [-0.2, -0.15) is 0 Å². The van der Waals surface area contributed by atoms with Crippen LogP contribution in [-0.4, -0.2) is 43.5 Å². The van der Waals surface area contributed by atoms with E-state index < -0.39 is 15.4 Å². The molecule has 1 saturated heterocycles. The average Bonchev–Trinajstić information content (AvgIpc) is 2.88. The van der Waals surface area contributed by atoms with Gasteiger partial charge in [0.1, 0.15) is 0 Å². The number of hydrogen-bond donors (Lipinski definition) is 1. The molecule has 1 fully saturated rings. The number of nitrogens with zero attached hydrogens (tertiary/aromatic N) is 1. The van der Waals surface area contributed by atoms with Crippen molar-refractivity contribution in [3.8, 4) is 17.1 Å². The number of carbonyl (C=O) groups is 1. The molecule has 7 heteroatoms. The Bertz CT molecular complexity index is 911. The van der Waals surface area contributed by atoms with Gasteiger partial charge in [0.05, 0.1) is 29.8 Å². The van der Waals surface area contributed by atoms with Crippen molar-refractivity contribution in [2.45, 2.75) is 18.9 Å². The Morgan fingerprint density at radius 1 is 1.24 bits per heavy atom. The van der Waals surface area contributed by atoms with Crippen LogP contribution in [0.25, 0.3) is 11.3 Å². The molecule has 1 aromatic heterocycles. The van der Waals surface area contributed by atoms with Gasteiger partial charge in [0.15, 0.2) is 9.84 Å². The van der Waals surface area contributed by atoms with Crippen molar-refractivity contribution in [3.63, 3.8) is 0 Å². The largest absolute Gasteiger partial charge is 0.481 e. The van der Waals surface area contributed by atoms with Crippen LogP contribution in [0.2, 0.25) is 0 Å². The Kier molecular flexibility index (Phi) is 4.51. The Morgan fingerprint density at radius 3 is 2.68 bits per heavy atom. The van der Waals surface area contributed by atoms with Crippen molar-refractivity contribution in [3.05, 3.63) is 48.0 Å². The molecule has 1 aromatic carbocycles. The number of benzene rings is 1. The van der Waals surface area contributed by atoms with Crippen LogP contribution in [0.15, 0.2) is 42.5 Å². The highest BCUT2D eigenvalue weighted by molar-refractivity contribution is 7.91. The summed E-state index contributed by atoms with van der Waals surface area (Å²) in [7, 11) is -1.53. The zero-order chi connectivity index (χ0) is 18.1. The quantitative estimate of drug-likeness (QED) is 0.902. The number of nitrogens with one attached hydrogen (secondary N) is 1. The van der Waals surface area contributed by atoms with E-state index in [2.05, 4.69) is 10.3 Å². The fourth-order valence-corrected chi connectivity index (χ4v) is 5.06. The number of aromatic nitrogens is 1. The Balaban J connectivity index is 1.82. The first kappa shape index (κ1) is 17.4. The van der Waals surface area contributed by atoms with Gasteiger partial charge in [-0.1, -0.05) is 18.2 Å². The van der Waals surface area contributed by atoms with Crippen molar-refractivity contribution < 1.29 is 17.9 Å². The first-order valence-corrected chi connectivity index (χ1v) is 9.77. The Hall–Kier alpha value is -2.41. The third kappa shape index (κ3) is 3.99. The maximum Gasteiger partial charge on any atom is 0.251 e. The molecule has 6 nitrogen and oxygen atoms in total. The van der Waals surface area contributed by atoms with Crippen molar-refractivity contribution >= 4 is 15.7 Å². The number of rotatable bonds is 4. The smallest absolute Gasteiger partial charge is 0.251 e. The first-order valence-electron chi connectivity index (χ1n) is 7.95. The lowest BCUT2D eigenvalue weighted by atomic mass is 10.0. The number of ether oxygens (including phenoxy) is 1. The zero-order valence-corrected chi connectivity index (χ0v) is 15.0. The van der Waals surface area contributed by atoms with E-state index in [0.29, 0.717) is 23.6 Å². The van der Waals surface area contributed by atoms with Gasteiger partial charge in [-0.15, -0.1) is 0 Å². The van der Waals surface area contributed by atoms with Crippen LogP contribution in [0, 0.1) is 0 Å². The fraction of sp³-hybridized carbons (Fsp3) is 0.333. The zero-order valence-electron chi connectivity index (χ0n) is 14.2. The van der Waals surface area contributed by atoms with Crippen LogP contribution in [0.1, 0.15) is 23.7 Å². The summed E-state index contributed by atoms with van der Waals surface area (Å²) < 4.78 is 28.5. The second kappa shape index (κ2) is 6.48. The van der Waals surface area contributed by atoms with Crippen LogP contribution in [0.4, 0.5) is 0 Å². The maximum atomic E-state index is 12.6. The fourth-order valence-electron chi connectivity index (χ4n) is 2.96. The van der Waals surface area contributed by atoms with Gasteiger partial charge in [0.25, 0.3) is 5.91 Å². The molecular weight excluding hydrogens is 340 g/mol. The molecule has 0 saturated carbocycles. The van der Waals surface area contributed by atoms with Crippen LogP contribution in [0.5, 0.6) is 5.88 Å². The minimum atomic E-state index is -3.08. The Labute approximate surface area is 147 Å². The predicted molar refractivity (Wildman–Crippen MR) is 95.4 cm³/mol. The highest BCUT2D eigenvalue weighted by Gasteiger charge is 2.39. The van der Waals surface area contributed by atoms with E-state index in [4.69, 9.17) is 4.74 Å². The molecule has 0 radical (unpaired) electrons. The van der Waals surface area contributed by atoms with E-state index in [1.54, 1.807) is 38.3 Å². The number of hydrogen-bond acceptors (Lipinski definition) is 5. The number of carbonyl (C=O) groups excluding carboxylic acids is 1. The van der Waals surface area contributed by atoms with Gasteiger partial charge in [0, 0.05) is 17.2 Å². The minimum Gasteiger partial charge on any atom is -0.481 e. The standard InChI is InChI=1S/C18H20N2O4S/c1-18(9-10-25(22,23)12-18)20-17(21)14-6-3-5-13(11-14)15-7-4-8-16(19-15)24-2/h3-8,11H,9-10,12H2,1-2H3,(H,20,21)/t18-/m0/s1. The summed E-state index contributed by atoms with van der Waals surface area (Å²) in [6.45, 7) is 1.77. The normalized spacial score (nSPS) is 21.7. The van der Waals surface area contributed by atoms with E-state index in [0.717, 1.165) is 5.56 Å². The summed E-state index contributed by atoms with van der Waals surface area (Å²) in [6, 6.07) is 12.5. The van der Waals surface area contributed by atoms with E-state index in [-0.39, 0.29) is 17.4 Å². The molecule has 1 N–H and O–H groups in total. The van der Waals surface area contributed by atoms with Crippen LogP contribution < -0.4 is 10.1 Å². The highest BCUT2D eigenvalue weighted by Crippen LogP contribution is 2.24. The van der Waals surface area contributed by atoms with Gasteiger partial charge in [-0.3, -0.25) is 4.79 Å². The molecule has 1 atom stereocenters. The summed E-state index contributed by atoms with van der Waals surface area (Å²) in [5.41, 5.74) is 1.23. The minimum absolute atomic E-state index is 0.0249. The van der Waals surface area contributed by atoms with E-state index >= 15 is 0 Å². The van der Waals surface area contributed by atoms with Crippen molar-refractivity contribution in [1.82, 2.24) is 10.3 Å². The average molecular weight is 360 g/mol. The van der Waals surface area contributed by atoms with Gasteiger partial charge < -0.3 is 10.1 Å². The number of pyridine rings is 1. The SMILES string of the molecule is COc1cccc(-c2cccc(C(=O)N[C@@]3(C)CCS(=O)(=O)C3)c2)n1. The molecule has 0 spiro atoms. The summed E-state index contributed by atoms with van der Waals surface area (Å²) in [5, 5.41) is 2.87. The van der Waals surface area contributed by atoms with Gasteiger partial charge >= 0.3 is 0 Å². The second-order valence-electron chi connectivity index (χ2n) is 6.50. The monoisotopic (exact) mass is 360 g/mol. The van der Waals surface area contributed by atoms with Crippen molar-refractivity contribution in [1.29, 1.82) is 0 Å². The van der Waals surface area contributed by atoms with E-state index in [1.807, 2.05) is 18.2 Å². The number of sulfone groups is 1. The molecule has 3 rings (SSSR count). The number of methoxy groups -OCH3 is 1. The molecule has 132 valence electrons.